The van der Waals surface area contributed by atoms with Crippen LogP contribution in [0.5, 0.6) is 0 Å². The molecule has 158 valence electrons. The third-order valence-electron chi connectivity index (χ3n) is 5.87. The molecule has 0 unspecified atom stereocenters. The van der Waals surface area contributed by atoms with Gasteiger partial charge in [0, 0.05) is 17.5 Å². The number of rotatable bonds is 6. The standard InChI is InChI=1S/C32H25N/c1-2-33(28-21-13-6-14-22-28)30-24-23-29(25-15-7-3-8-16-25)31(26-17-9-4-10-18-26)32(30)27-19-11-5-12-20-27/h2-24H,1H2. The second-order valence-electron chi connectivity index (χ2n) is 7.87. The first-order chi connectivity index (χ1) is 16.4. The van der Waals surface area contributed by atoms with Crippen LogP contribution in [0.15, 0.2) is 146 Å². The number of hydrogen-bond acceptors (Lipinski definition) is 1. The molecule has 0 radical (unpaired) electrons. The summed E-state index contributed by atoms with van der Waals surface area (Å²) in [6, 6.07) is 46.8. The molecule has 0 aliphatic carbocycles. The average Bonchev–Trinajstić information content (AvgIpc) is 2.91. The van der Waals surface area contributed by atoms with Crippen LogP contribution in [-0.4, -0.2) is 0 Å². The number of anilines is 2. The zero-order chi connectivity index (χ0) is 22.5. The fraction of sp³-hybridized carbons (Fsp3) is 0. The number of benzene rings is 5. The van der Waals surface area contributed by atoms with E-state index in [1.807, 2.05) is 12.3 Å². The smallest absolute Gasteiger partial charge is 0.0540 e. The minimum Gasteiger partial charge on any atom is -0.317 e. The molecular weight excluding hydrogens is 398 g/mol. The minimum atomic E-state index is 1.08. The highest BCUT2D eigenvalue weighted by atomic mass is 15.1. The van der Waals surface area contributed by atoms with E-state index in [4.69, 9.17) is 0 Å². The van der Waals surface area contributed by atoms with Crippen LogP contribution in [0.25, 0.3) is 33.4 Å². The molecule has 0 heterocycles. The summed E-state index contributed by atoms with van der Waals surface area (Å²) in [4.78, 5) is 2.17. The molecule has 0 atom stereocenters. The Morgan fingerprint density at radius 3 is 1.42 bits per heavy atom. The lowest BCUT2D eigenvalue weighted by Crippen LogP contribution is -2.10. The Balaban J connectivity index is 1.88. The molecule has 0 amide bonds. The van der Waals surface area contributed by atoms with Crippen molar-refractivity contribution in [3.05, 3.63) is 146 Å². The van der Waals surface area contributed by atoms with E-state index < -0.39 is 0 Å². The van der Waals surface area contributed by atoms with E-state index >= 15 is 0 Å². The van der Waals surface area contributed by atoms with E-state index in [-0.39, 0.29) is 0 Å². The van der Waals surface area contributed by atoms with Gasteiger partial charge in [-0.3, -0.25) is 0 Å². The average molecular weight is 424 g/mol. The molecule has 1 nitrogen and oxygen atoms in total. The Morgan fingerprint density at radius 1 is 0.455 bits per heavy atom. The first-order valence-electron chi connectivity index (χ1n) is 11.2. The summed E-state index contributed by atoms with van der Waals surface area (Å²) in [7, 11) is 0. The Hall–Kier alpha value is -4.36. The third kappa shape index (κ3) is 4.09. The van der Waals surface area contributed by atoms with Crippen molar-refractivity contribution in [3.8, 4) is 33.4 Å². The molecule has 1 heteroatoms. The molecule has 5 aromatic rings. The third-order valence-corrected chi connectivity index (χ3v) is 5.87. The number of para-hydroxylation sites is 1. The van der Waals surface area contributed by atoms with Gasteiger partial charge >= 0.3 is 0 Å². The van der Waals surface area contributed by atoms with Crippen LogP contribution >= 0.6 is 0 Å². The van der Waals surface area contributed by atoms with E-state index in [1.165, 1.54) is 33.4 Å². The fourth-order valence-corrected chi connectivity index (χ4v) is 4.38. The van der Waals surface area contributed by atoms with Crippen molar-refractivity contribution in [1.29, 1.82) is 0 Å². The van der Waals surface area contributed by atoms with Crippen LogP contribution in [-0.2, 0) is 0 Å². The van der Waals surface area contributed by atoms with Crippen molar-refractivity contribution >= 4 is 11.4 Å². The summed E-state index contributed by atoms with van der Waals surface area (Å²) in [6.07, 6.45) is 1.90. The Labute approximate surface area is 195 Å². The maximum Gasteiger partial charge on any atom is 0.0540 e. The molecule has 5 rings (SSSR count). The van der Waals surface area contributed by atoms with Gasteiger partial charge in [0.05, 0.1) is 5.69 Å². The van der Waals surface area contributed by atoms with Gasteiger partial charge in [-0.2, -0.15) is 0 Å². The van der Waals surface area contributed by atoms with E-state index in [0.717, 1.165) is 11.4 Å². The van der Waals surface area contributed by atoms with E-state index in [2.05, 4.69) is 139 Å². The number of hydrogen-bond donors (Lipinski definition) is 0. The second kappa shape index (κ2) is 9.42. The molecule has 0 spiro atoms. The lowest BCUT2D eigenvalue weighted by molar-refractivity contribution is 1.29. The van der Waals surface area contributed by atoms with Crippen molar-refractivity contribution in [1.82, 2.24) is 0 Å². The maximum atomic E-state index is 4.16. The second-order valence-corrected chi connectivity index (χ2v) is 7.87. The summed E-state index contributed by atoms with van der Waals surface area (Å²) < 4.78 is 0. The highest BCUT2D eigenvalue weighted by molar-refractivity contribution is 6.01. The lowest BCUT2D eigenvalue weighted by Gasteiger charge is -2.27. The summed E-state index contributed by atoms with van der Waals surface area (Å²) in [5.74, 6) is 0. The fourth-order valence-electron chi connectivity index (χ4n) is 4.38. The van der Waals surface area contributed by atoms with E-state index in [9.17, 15) is 0 Å². The first-order valence-corrected chi connectivity index (χ1v) is 11.2. The van der Waals surface area contributed by atoms with E-state index in [0.29, 0.717) is 0 Å². The molecular formula is C32H25N. The van der Waals surface area contributed by atoms with Gasteiger partial charge in [0.15, 0.2) is 0 Å². The summed E-state index contributed by atoms with van der Waals surface area (Å²) in [5, 5.41) is 0. The molecule has 33 heavy (non-hydrogen) atoms. The van der Waals surface area contributed by atoms with Crippen LogP contribution in [0.2, 0.25) is 0 Å². The van der Waals surface area contributed by atoms with Gasteiger partial charge in [0.25, 0.3) is 0 Å². The normalized spacial score (nSPS) is 10.5. The molecule has 0 saturated heterocycles. The Bertz CT molecular complexity index is 1340. The first kappa shape index (κ1) is 20.5. The summed E-state index contributed by atoms with van der Waals surface area (Å²) >= 11 is 0. The van der Waals surface area contributed by atoms with Crippen LogP contribution in [0.1, 0.15) is 0 Å². The quantitative estimate of drug-likeness (QED) is 0.263. The highest BCUT2D eigenvalue weighted by Crippen LogP contribution is 2.46. The molecule has 0 aliphatic heterocycles. The van der Waals surface area contributed by atoms with Crippen molar-refractivity contribution in [2.45, 2.75) is 0 Å². The monoisotopic (exact) mass is 423 g/mol. The van der Waals surface area contributed by atoms with Gasteiger partial charge < -0.3 is 4.90 Å². The molecule has 5 aromatic carbocycles. The van der Waals surface area contributed by atoms with Crippen LogP contribution in [0.3, 0.4) is 0 Å². The van der Waals surface area contributed by atoms with Crippen molar-refractivity contribution in [2.75, 3.05) is 4.90 Å². The minimum absolute atomic E-state index is 1.08. The molecule has 0 aromatic heterocycles. The summed E-state index contributed by atoms with van der Waals surface area (Å²) in [6.45, 7) is 4.16. The topological polar surface area (TPSA) is 3.24 Å². The largest absolute Gasteiger partial charge is 0.317 e. The van der Waals surface area contributed by atoms with Crippen molar-refractivity contribution in [2.24, 2.45) is 0 Å². The predicted molar refractivity (Wildman–Crippen MR) is 142 cm³/mol. The van der Waals surface area contributed by atoms with Gasteiger partial charge in [-0.05, 0) is 46.0 Å². The van der Waals surface area contributed by atoms with Crippen molar-refractivity contribution in [3.63, 3.8) is 0 Å². The van der Waals surface area contributed by atoms with Crippen LogP contribution in [0.4, 0.5) is 11.4 Å². The zero-order valence-corrected chi connectivity index (χ0v) is 18.4. The van der Waals surface area contributed by atoms with Crippen molar-refractivity contribution < 1.29 is 0 Å². The number of nitrogens with zero attached hydrogens (tertiary/aromatic N) is 1. The molecule has 0 saturated carbocycles. The molecule has 0 bridgehead atoms. The Morgan fingerprint density at radius 2 is 0.909 bits per heavy atom. The molecule has 0 fully saturated rings. The highest BCUT2D eigenvalue weighted by Gasteiger charge is 2.21. The van der Waals surface area contributed by atoms with Gasteiger partial charge in [-0.15, -0.1) is 0 Å². The van der Waals surface area contributed by atoms with Crippen LogP contribution < -0.4 is 4.90 Å². The molecule has 0 N–H and O–H groups in total. The summed E-state index contributed by atoms with van der Waals surface area (Å²) in [5.41, 5.74) is 9.35. The van der Waals surface area contributed by atoms with Gasteiger partial charge in [0.1, 0.15) is 0 Å². The van der Waals surface area contributed by atoms with Crippen LogP contribution in [0, 0.1) is 0 Å². The van der Waals surface area contributed by atoms with Gasteiger partial charge in [-0.1, -0.05) is 122 Å². The lowest BCUT2D eigenvalue weighted by atomic mass is 9.86. The Kier molecular flexibility index (Phi) is 5.86. The predicted octanol–water partition coefficient (Wildman–Crippen LogP) is 8.97. The molecule has 0 aliphatic rings. The SMILES string of the molecule is C=CN(c1ccccc1)c1ccc(-c2ccccc2)c(-c2ccccc2)c1-c1ccccc1. The van der Waals surface area contributed by atoms with Gasteiger partial charge in [0.2, 0.25) is 0 Å². The maximum absolute atomic E-state index is 4.16. The van der Waals surface area contributed by atoms with E-state index in [1.54, 1.807) is 0 Å². The zero-order valence-electron chi connectivity index (χ0n) is 18.4. The van der Waals surface area contributed by atoms with Gasteiger partial charge in [-0.25, -0.2) is 0 Å².